The Labute approximate surface area is 409 Å². The topological polar surface area (TPSA) is 6.48 Å². The zero-order valence-electron chi connectivity index (χ0n) is 42.2. The van der Waals surface area contributed by atoms with Crippen LogP contribution in [-0.2, 0) is 27.1 Å². The summed E-state index contributed by atoms with van der Waals surface area (Å²) in [6.45, 7) is 30.3. The van der Waals surface area contributed by atoms with Crippen molar-refractivity contribution in [1.82, 2.24) is 0 Å². The third-order valence-electron chi connectivity index (χ3n) is 15.7. The molecule has 2 nitrogen and oxygen atoms in total. The van der Waals surface area contributed by atoms with E-state index in [1.54, 1.807) is 0 Å². The zero-order valence-corrected chi connectivity index (χ0v) is 43.1. The van der Waals surface area contributed by atoms with Gasteiger partial charge in [0.25, 0.3) is 6.71 Å². The number of anilines is 6. The fourth-order valence-electron chi connectivity index (χ4n) is 12.1. The van der Waals surface area contributed by atoms with E-state index < -0.39 is 5.41 Å². The molecule has 1 spiro atoms. The van der Waals surface area contributed by atoms with Gasteiger partial charge in [0.05, 0.1) is 11.1 Å². The van der Waals surface area contributed by atoms with Crippen LogP contribution in [0.15, 0.2) is 146 Å². The standard InChI is InChI=1S/C64H63BN2S/c1-38-34-53-56-54(35-38)67(44-30-24-40(25-31-44)61(5,6)7)57-55-47-19-15-17-21-49(47)64(48-20-16-14-18-45(48)46-32-26-41(36-50(46)64)62(8,9)10)58(55)68-59(57)65(56)51-33-27-42(63(11,12)13)37-52(51)66(53)43-28-22-39(23-29-43)60(2,3)4/h14-37H,1-13H3. The van der Waals surface area contributed by atoms with Crippen molar-refractivity contribution < 1.29 is 0 Å². The molecule has 338 valence electrons. The van der Waals surface area contributed by atoms with Gasteiger partial charge in [0, 0.05) is 43.7 Å². The number of rotatable bonds is 2. The number of fused-ring (bicyclic) bond motifs is 15. The Hall–Kier alpha value is -6.10. The Balaban J connectivity index is 1.22. The van der Waals surface area contributed by atoms with Crippen molar-refractivity contribution in [3.05, 3.63) is 195 Å². The number of nitrogens with zero attached hydrogens (tertiary/aromatic N) is 2. The van der Waals surface area contributed by atoms with Crippen LogP contribution in [0.1, 0.15) is 132 Å². The van der Waals surface area contributed by atoms with Crippen LogP contribution < -0.4 is 25.5 Å². The minimum Gasteiger partial charge on any atom is -0.311 e. The van der Waals surface area contributed by atoms with E-state index in [1.165, 1.54) is 121 Å². The largest absolute Gasteiger partial charge is 0.311 e. The quantitative estimate of drug-likeness (QED) is 0.160. The van der Waals surface area contributed by atoms with Gasteiger partial charge >= 0.3 is 0 Å². The van der Waals surface area contributed by atoms with Crippen molar-refractivity contribution in [2.45, 2.75) is 117 Å². The summed E-state index contributed by atoms with van der Waals surface area (Å²) < 4.78 is 1.42. The smallest absolute Gasteiger partial charge is 0.264 e. The minimum absolute atomic E-state index is 0.0107. The Morgan fingerprint density at radius 3 is 1.50 bits per heavy atom. The summed E-state index contributed by atoms with van der Waals surface area (Å²) in [7, 11) is 0. The maximum atomic E-state index is 2.68. The van der Waals surface area contributed by atoms with Crippen molar-refractivity contribution in [1.29, 1.82) is 0 Å². The molecule has 7 aromatic carbocycles. The van der Waals surface area contributed by atoms with Gasteiger partial charge in [-0.05, 0) is 143 Å². The number of aryl methyl sites for hydroxylation is 1. The lowest BCUT2D eigenvalue weighted by molar-refractivity contribution is 0.588. The molecule has 12 rings (SSSR count). The van der Waals surface area contributed by atoms with Crippen LogP contribution in [0.5, 0.6) is 0 Å². The lowest BCUT2D eigenvalue weighted by atomic mass is 9.36. The first kappa shape index (κ1) is 43.2. The van der Waals surface area contributed by atoms with Gasteiger partial charge in [-0.25, -0.2) is 0 Å². The maximum absolute atomic E-state index is 2.68. The SMILES string of the molecule is Cc1cc2c3c(c1)N(c1ccc(C(C)(C)C)cc1)c1c(sc4c1-c1ccccc1C41c4ccccc4-c4ccc(C(C)(C)C)cc41)B3c1ccc(C(C)(C)C)cc1N2c1ccc(C(C)(C)C)cc1. The molecule has 4 aliphatic rings. The molecule has 0 bridgehead atoms. The van der Waals surface area contributed by atoms with E-state index in [0.29, 0.717) is 0 Å². The van der Waals surface area contributed by atoms with Gasteiger partial charge in [-0.2, -0.15) is 0 Å². The van der Waals surface area contributed by atoms with Crippen LogP contribution in [0.4, 0.5) is 34.1 Å². The predicted molar refractivity (Wildman–Crippen MR) is 294 cm³/mol. The van der Waals surface area contributed by atoms with Gasteiger partial charge in [-0.1, -0.05) is 186 Å². The Kier molecular flexibility index (Phi) is 9.04. The van der Waals surface area contributed by atoms with Gasteiger partial charge in [0.2, 0.25) is 0 Å². The van der Waals surface area contributed by atoms with Crippen molar-refractivity contribution in [2.24, 2.45) is 0 Å². The van der Waals surface area contributed by atoms with Crippen molar-refractivity contribution >= 4 is 67.9 Å². The second-order valence-electron chi connectivity index (χ2n) is 24.3. The molecule has 1 unspecified atom stereocenters. The van der Waals surface area contributed by atoms with Gasteiger partial charge in [-0.3, -0.25) is 0 Å². The summed E-state index contributed by atoms with van der Waals surface area (Å²) in [5.74, 6) is 0. The summed E-state index contributed by atoms with van der Waals surface area (Å²) in [5, 5.41) is 0. The highest BCUT2D eigenvalue weighted by molar-refractivity contribution is 7.30. The monoisotopic (exact) mass is 902 g/mol. The molecule has 3 heterocycles. The number of hydrogen-bond acceptors (Lipinski definition) is 3. The van der Waals surface area contributed by atoms with Crippen molar-refractivity contribution in [3.63, 3.8) is 0 Å². The lowest BCUT2D eigenvalue weighted by Crippen LogP contribution is -2.60. The van der Waals surface area contributed by atoms with E-state index in [-0.39, 0.29) is 28.4 Å². The molecule has 0 saturated heterocycles. The van der Waals surface area contributed by atoms with E-state index in [0.717, 1.165) is 0 Å². The molecule has 4 heteroatoms. The Morgan fingerprint density at radius 2 is 0.912 bits per heavy atom. The van der Waals surface area contributed by atoms with Crippen molar-refractivity contribution in [2.75, 3.05) is 9.80 Å². The number of hydrogen-bond donors (Lipinski definition) is 0. The molecule has 0 N–H and O–H groups in total. The zero-order chi connectivity index (χ0) is 47.6. The molecular weight excluding hydrogens is 840 g/mol. The van der Waals surface area contributed by atoms with Crippen LogP contribution in [0.25, 0.3) is 22.3 Å². The molecule has 0 amide bonds. The highest BCUT2D eigenvalue weighted by atomic mass is 32.1. The van der Waals surface area contributed by atoms with E-state index in [4.69, 9.17) is 0 Å². The first-order valence-electron chi connectivity index (χ1n) is 24.8. The predicted octanol–water partition coefficient (Wildman–Crippen LogP) is 15.7. The first-order valence-corrected chi connectivity index (χ1v) is 25.6. The van der Waals surface area contributed by atoms with E-state index in [1.807, 2.05) is 0 Å². The molecule has 2 aliphatic carbocycles. The average Bonchev–Trinajstić information content (AvgIpc) is 3.91. The van der Waals surface area contributed by atoms with Crippen LogP contribution in [0.3, 0.4) is 0 Å². The van der Waals surface area contributed by atoms with Gasteiger partial charge < -0.3 is 9.80 Å². The van der Waals surface area contributed by atoms with Crippen LogP contribution in [0.2, 0.25) is 0 Å². The van der Waals surface area contributed by atoms with E-state index >= 15 is 0 Å². The van der Waals surface area contributed by atoms with E-state index in [9.17, 15) is 0 Å². The summed E-state index contributed by atoms with van der Waals surface area (Å²) in [6, 6.07) is 57.4. The second-order valence-corrected chi connectivity index (χ2v) is 25.4. The van der Waals surface area contributed by atoms with Gasteiger partial charge in [0.1, 0.15) is 0 Å². The fraction of sp³-hybridized carbons (Fsp3) is 0.281. The molecule has 68 heavy (non-hydrogen) atoms. The molecule has 1 atom stereocenters. The molecular formula is C64H63BN2S. The Bertz CT molecular complexity index is 3400. The van der Waals surface area contributed by atoms with Crippen LogP contribution >= 0.6 is 11.3 Å². The third kappa shape index (κ3) is 6.01. The average molecular weight is 903 g/mol. The third-order valence-corrected chi connectivity index (χ3v) is 17.1. The first-order chi connectivity index (χ1) is 32.2. The highest BCUT2D eigenvalue weighted by Crippen LogP contribution is 2.67. The normalized spacial score (nSPS) is 16.6. The minimum atomic E-state index is -0.470. The van der Waals surface area contributed by atoms with Crippen molar-refractivity contribution in [3.8, 4) is 22.3 Å². The van der Waals surface area contributed by atoms with Gasteiger partial charge in [-0.15, -0.1) is 11.3 Å². The molecule has 2 aliphatic heterocycles. The lowest BCUT2D eigenvalue weighted by Gasteiger charge is -2.44. The van der Waals surface area contributed by atoms with Crippen LogP contribution in [-0.4, -0.2) is 6.71 Å². The number of thiophene rings is 1. The van der Waals surface area contributed by atoms with Gasteiger partial charge in [0.15, 0.2) is 0 Å². The molecule has 0 fully saturated rings. The molecule has 8 aromatic rings. The molecule has 0 radical (unpaired) electrons. The van der Waals surface area contributed by atoms with E-state index in [2.05, 4.69) is 257 Å². The summed E-state index contributed by atoms with van der Waals surface area (Å²) in [5.41, 5.74) is 26.1. The van der Waals surface area contributed by atoms with Crippen LogP contribution in [0, 0.1) is 6.92 Å². The second kappa shape index (κ2) is 14.2. The summed E-state index contributed by atoms with van der Waals surface area (Å²) in [4.78, 5) is 6.72. The maximum Gasteiger partial charge on any atom is 0.264 e. The Morgan fingerprint density at radius 1 is 0.441 bits per heavy atom. The fourth-order valence-corrected chi connectivity index (χ4v) is 13.8. The summed E-state index contributed by atoms with van der Waals surface area (Å²) >= 11 is 2.08. The molecule has 1 aromatic heterocycles. The number of benzene rings is 7. The molecule has 0 saturated carbocycles. The highest BCUT2D eigenvalue weighted by Gasteiger charge is 2.57. The summed E-state index contributed by atoms with van der Waals surface area (Å²) in [6.07, 6.45) is 0.